The molecule has 0 aliphatic heterocycles. The molecule has 0 unspecified atom stereocenters. The summed E-state index contributed by atoms with van der Waals surface area (Å²) in [5, 5.41) is 64.5. The van der Waals surface area contributed by atoms with Gasteiger partial charge in [-0.2, -0.15) is 0 Å². The van der Waals surface area contributed by atoms with Gasteiger partial charge in [0.05, 0.1) is 17.1 Å². The van der Waals surface area contributed by atoms with Gasteiger partial charge < -0.3 is 45.2 Å². The molecular formula is C21H24B3N3O9. The highest BCUT2D eigenvalue weighted by Gasteiger charge is 2.15. The van der Waals surface area contributed by atoms with Crippen LogP contribution in [0.5, 0.6) is 0 Å². The van der Waals surface area contributed by atoms with Crippen molar-refractivity contribution in [1.82, 2.24) is 15.0 Å². The molecule has 4 aromatic rings. The quantitative estimate of drug-likeness (QED) is 0.152. The van der Waals surface area contributed by atoms with Crippen LogP contribution in [0.4, 0.5) is 0 Å². The van der Waals surface area contributed by atoms with Gasteiger partial charge in [0.1, 0.15) is 0 Å². The van der Waals surface area contributed by atoms with Crippen LogP contribution in [-0.2, 0) is 0 Å². The number of pyridine rings is 3. The van der Waals surface area contributed by atoms with E-state index < -0.39 is 22.0 Å². The molecule has 0 amide bonds. The lowest BCUT2D eigenvalue weighted by Gasteiger charge is -2.11. The molecule has 3 aromatic heterocycles. The highest BCUT2D eigenvalue weighted by molar-refractivity contribution is 6.31. The summed E-state index contributed by atoms with van der Waals surface area (Å²) in [6.45, 7) is 0. The number of nitrogens with zero attached hydrogens (tertiary/aromatic N) is 3. The van der Waals surface area contributed by atoms with E-state index >= 15 is 0 Å². The maximum atomic E-state index is 7.17. The zero-order chi connectivity index (χ0) is 26.9. The largest absolute Gasteiger partial charge is 0.631 e. The first kappa shape index (κ1) is 30.5. The molecule has 0 bridgehead atoms. The molecule has 0 aliphatic rings. The van der Waals surface area contributed by atoms with Gasteiger partial charge in [-0.1, -0.05) is 42.5 Å². The Morgan fingerprint density at radius 2 is 0.833 bits per heavy atom. The molecule has 4 rings (SSSR count). The molecule has 0 spiro atoms. The molecular weight excluding hydrogens is 471 g/mol. The highest BCUT2D eigenvalue weighted by Crippen LogP contribution is 2.34. The molecule has 0 saturated heterocycles. The first-order valence-electron chi connectivity index (χ1n) is 10.1. The SMILES string of the molecule is OB(O)O.OB(O)O.OB(O)O.c1ccc(-c2cccnc2-c2ncccc2-c2ccccn2)cc1. The molecule has 0 fully saturated rings. The second-order valence-electron chi connectivity index (χ2n) is 6.42. The summed E-state index contributed by atoms with van der Waals surface area (Å²) >= 11 is 0. The Kier molecular flexibility index (Phi) is 14.4. The summed E-state index contributed by atoms with van der Waals surface area (Å²) in [7, 11) is -6.50. The van der Waals surface area contributed by atoms with Crippen molar-refractivity contribution in [2.75, 3.05) is 0 Å². The molecule has 15 heteroatoms. The fourth-order valence-corrected chi connectivity index (χ4v) is 2.77. The highest BCUT2D eigenvalue weighted by atomic mass is 16.5. The molecule has 12 nitrogen and oxygen atoms in total. The van der Waals surface area contributed by atoms with Gasteiger partial charge in [-0.25, -0.2) is 0 Å². The lowest BCUT2D eigenvalue weighted by molar-refractivity contribution is 0.276. The van der Waals surface area contributed by atoms with Crippen LogP contribution in [-0.4, -0.2) is 82.1 Å². The van der Waals surface area contributed by atoms with Crippen LogP contribution >= 0.6 is 0 Å². The molecule has 9 N–H and O–H groups in total. The van der Waals surface area contributed by atoms with Gasteiger partial charge in [0, 0.05) is 29.7 Å². The summed E-state index contributed by atoms with van der Waals surface area (Å²) in [5.41, 5.74) is 5.77. The van der Waals surface area contributed by atoms with E-state index in [0.29, 0.717) is 0 Å². The topological polar surface area (TPSA) is 221 Å². The van der Waals surface area contributed by atoms with Crippen molar-refractivity contribution in [1.29, 1.82) is 0 Å². The third-order valence-corrected chi connectivity index (χ3v) is 3.87. The minimum atomic E-state index is -2.17. The Morgan fingerprint density at radius 3 is 1.31 bits per heavy atom. The third-order valence-electron chi connectivity index (χ3n) is 3.87. The molecule has 0 aliphatic carbocycles. The fourth-order valence-electron chi connectivity index (χ4n) is 2.77. The van der Waals surface area contributed by atoms with E-state index in [0.717, 1.165) is 33.8 Å². The van der Waals surface area contributed by atoms with Crippen molar-refractivity contribution < 1.29 is 45.2 Å². The first-order chi connectivity index (χ1) is 17.1. The van der Waals surface area contributed by atoms with E-state index in [1.807, 2.05) is 54.6 Å². The van der Waals surface area contributed by atoms with Crippen LogP contribution in [0.25, 0.3) is 33.8 Å². The van der Waals surface area contributed by atoms with Gasteiger partial charge >= 0.3 is 22.0 Å². The zero-order valence-corrected chi connectivity index (χ0v) is 18.8. The zero-order valence-electron chi connectivity index (χ0n) is 18.8. The normalized spacial score (nSPS) is 9.25. The Bertz CT molecular complexity index is 1030. The first-order valence-corrected chi connectivity index (χ1v) is 10.1. The summed E-state index contributed by atoms with van der Waals surface area (Å²) in [6.07, 6.45) is 5.40. The maximum Gasteiger partial charge on any atom is 0.631 e. The van der Waals surface area contributed by atoms with Gasteiger partial charge in [-0.15, -0.1) is 0 Å². The van der Waals surface area contributed by atoms with Gasteiger partial charge in [0.25, 0.3) is 0 Å². The van der Waals surface area contributed by atoms with Crippen LogP contribution < -0.4 is 0 Å². The van der Waals surface area contributed by atoms with Gasteiger partial charge in [-0.05, 0) is 35.9 Å². The predicted molar refractivity (Wildman–Crippen MR) is 133 cm³/mol. The Hall–Kier alpha value is -3.50. The Morgan fingerprint density at radius 1 is 0.417 bits per heavy atom. The van der Waals surface area contributed by atoms with Gasteiger partial charge in [-0.3, -0.25) is 15.0 Å². The molecule has 0 saturated carbocycles. The molecule has 3 heterocycles. The van der Waals surface area contributed by atoms with Crippen LogP contribution in [0, 0.1) is 0 Å². The van der Waals surface area contributed by atoms with Crippen molar-refractivity contribution >= 4 is 22.0 Å². The lowest BCUT2D eigenvalue weighted by Crippen LogP contribution is -2.07. The van der Waals surface area contributed by atoms with E-state index in [9.17, 15) is 0 Å². The van der Waals surface area contributed by atoms with E-state index in [1.165, 1.54) is 0 Å². The monoisotopic (exact) mass is 495 g/mol. The van der Waals surface area contributed by atoms with E-state index in [-0.39, 0.29) is 0 Å². The number of benzene rings is 1. The minimum Gasteiger partial charge on any atom is -0.402 e. The minimum absolute atomic E-state index is 0.843. The molecule has 186 valence electrons. The molecule has 0 atom stereocenters. The number of aromatic nitrogens is 3. The van der Waals surface area contributed by atoms with Crippen molar-refractivity contribution in [2.24, 2.45) is 0 Å². The van der Waals surface area contributed by atoms with Gasteiger partial charge in [0.2, 0.25) is 0 Å². The third kappa shape index (κ3) is 12.3. The summed E-state index contributed by atoms with van der Waals surface area (Å²) < 4.78 is 0. The number of hydrogen-bond donors (Lipinski definition) is 9. The van der Waals surface area contributed by atoms with E-state index in [4.69, 9.17) is 45.2 Å². The van der Waals surface area contributed by atoms with Crippen LogP contribution in [0.1, 0.15) is 0 Å². The smallest absolute Gasteiger partial charge is 0.402 e. The van der Waals surface area contributed by atoms with Gasteiger partial charge in [0.15, 0.2) is 0 Å². The average Bonchev–Trinajstić information content (AvgIpc) is 2.84. The summed E-state index contributed by atoms with van der Waals surface area (Å²) in [6, 6.07) is 24.1. The average molecular weight is 495 g/mol. The second kappa shape index (κ2) is 17.0. The number of rotatable bonds is 3. The Labute approximate surface area is 207 Å². The van der Waals surface area contributed by atoms with E-state index in [2.05, 4.69) is 33.2 Å². The fraction of sp³-hybridized carbons (Fsp3) is 0. The second-order valence-corrected chi connectivity index (χ2v) is 6.42. The van der Waals surface area contributed by atoms with E-state index in [1.54, 1.807) is 18.6 Å². The van der Waals surface area contributed by atoms with Crippen LogP contribution in [0.15, 0.2) is 91.4 Å². The van der Waals surface area contributed by atoms with Crippen molar-refractivity contribution in [3.05, 3.63) is 91.4 Å². The summed E-state index contributed by atoms with van der Waals surface area (Å²) in [5.74, 6) is 0. The molecule has 36 heavy (non-hydrogen) atoms. The summed E-state index contributed by atoms with van der Waals surface area (Å²) in [4.78, 5) is 13.7. The number of hydrogen-bond acceptors (Lipinski definition) is 12. The standard InChI is InChI=1S/C21H15N3.3BH3O3/c1-2-8-16(9-3-1)17-10-6-14-23-20(17)21-18(11-7-15-24-21)19-12-4-5-13-22-19;3*2-1(3)4/h1-15H;3*2-4H. The maximum absolute atomic E-state index is 7.17. The van der Waals surface area contributed by atoms with Crippen molar-refractivity contribution in [3.63, 3.8) is 0 Å². The van der Waals surface area contributed by atoms with Crippen molar-refractivity contribution in [2.45, 2.75) is 0 Å². The molecule has 1 aromatic carbocycles. The van der Waals surface area contributed by atoms with Crippen LogP contribution in [0.3, 0.4) is 0 Å². The predicted octanol–water partition coefficient (Wildman–Crippen LogP) is -1.28. The lowest BCUT2D eigenvalue weighted by atomic mass is 9.98. The Balaban J connectivity index is 0.000000456. The van der Waals surface area contributed by atoms with Crippen molar-refractivity contribution in [3.8, 4) is 33.8 Å². The van der Waals surface area contributed by atoms with Crippen LogP contribution in [0.2, 0.25) is 0 Å². The molecule has 0 radical (unpaired) electrons.